The van der Waals surface area contributed by atoms with Gasteiger partial charge < -0.3 is 5.32 Å². The lowest BCUT2D eigenvalue weighted by molar-refractivity contribution is -0.384. The van der Waals surface area contributed by atoms with Gasteiger partial charge in [-0.2, -0.15) is 11.8 Å². The first-order valence-electron chi connectivity index (χ1n) is 5.34. The van der Waals surface area contributed by atoms with Gasteiger partial charge in [-0.25, -0.2) is 0 Å². The number of nitro benzene ring substituents is 1. The first-order valence-corrected chi connectivity index (χ1v) is 6.50. The van der Waals surface area contributed by atoms with E-state index >= 15 is 0 Å². The van der Waals surface area contributed by atoms with Gasteiger partial charge in [0.15, 0.2) is 0 Å². The number of nitrogens with zero attached hydrogens (tertiary/aromatic N) is 1. The Morgan fingerprint density at radius 2 is 2.12 bits per heavy atom. The molecular weight excluding hydrogens is 224 g/mol. The maximum atomic E-state index is 10.5. The molecule has 1 aromatic carbocycles. The summed E-state index contributed by atoms with van der Waals surface area (Å²) in [6.07, 6.45) is 2.43. The Balaban J connectivity index is 1.96. The number of nitrogens with one attached hydrogen (secondary N) is 1. The predicted octanol–water partition coefficient (Wildman–Crippen LogP) is 2.90. The van der Waals surface area contributed by atoms with Gasteiger partial charge in [0.25, 0.3) is 5.69 Å². The zero-order chi connectivity index (χ0) is 11.4. The Morgan fingerprint density at radius 1 is 1.38 bits per heavy atom. The summed E-state index contributed by atoms with van der Waals surface area (Å²) < 4.78 is 0. The molecule has 1 saturated heterocycles. The molecule has 2 rings (SSSR count). The van der Waals surface area contributed by atoms with Gasteiger partial charge in [-0.05, 0) is 30.7 Å². The average molecular weight is 238 g/mol. The summed E-state index contributed by atoms with van der Waals surface area (Å²) in [5, 5.41) is 13.9. The third-order valence-electron chi connectivity index (χ3n) is 2.61. The van der Waals surface area contributed by atoms with Crippen LogP contribution in [0.3, 0.4) is 0 Å². The van der Waals surface area contributed by atoms with E-state index in [1.165, 1.54) is 30.7 Å². The smallest absolute Gasteiger partial charge is 0.269 e. The van der Waals surface area contributed by atoms with Crippen molar-refractivity contribution in [3.63, 3.8) is 0 Å². The molecule has 1 atom stereocenters. The van der Waals surface area contributed by atoms with Crippen molar-refractivity contribution < 1.29 is 4.92 Å². The van der Waals surface area contributed by atoms with Gasteiger partial charge in [0.05, 0.1) is 4.92 Å². The quantitative estimate of drug-likeness (QED) is 0.650. The highest BCUT2D eigenvalue weighted by molar-refractivity contribution is 7.99. The van der Waals surface area contributed by atoms with Gasteiger partial charge in [-0.3, -0.25) is 10.1 Å². The fourth-order valence-electron chi connectivity index (χ4n) is 1.77. The molecule has 1 aliphatic heterocycles. The van der Waals surface area contributed by atoms with Crippen LogP contribution >= 0.6 is 11.8 Å². The normalized spacial score (nSPS) is 20.4. The highest BCUT2D eigenvalue weighted by Gasteiger charge is 2.13. The first-order chi connectivity index (χ1) is 7.75. The maximum Gasteiger partial charge on any atom is 0.269 e. The molecule has 0 saturated carbocycles. The monoisotopic (exact) mass is 238 g/mol. The van der Waals surface area contributed by atoms with E-state index < -0.39 is 0 Å². The minimum Gasteiger partial charge on any atom is -0.381 e. The van der Waals surface area contributed by atoms with Crippen molar-refractivity contribution in [2.24, 2.45) is 0 Å². The minimum atomic E-state index is -0.375. The zero-order valence-corrected chi connectivity index (χ0v) is 9.70. The van der Waals surface area contributed by atoms with Crippen LogP contribution < -0.4 is 5.32 Å². The van der Waals surface area contributed by atoms with Crippen LogP contribution in [0.15, 0.2) is 24.3 Å². The van der Waals surface area contributed by atoms with Gasteiger partial charge in [-0.15, -0.1) is 0 Å². The standard InChI is InChI=1S/C11H14N2O2S/c14-13(15)11-5-3-9(4-6-11)12-10-2-1-7-16-8-10/h3-6,10,12H,1-2,7-8H2. The summed E-state index contributed by atoms with van der Waals surface area (Å²) in [6.45, 7) is 0. The highest BCUT2D eigenvalue weighted by atomic mass is 32.2. The van der Waals surface area contributed by atoms with E-state index in [2.05, 4.69) is 5.32 Å². The zero-order valence-electron chi connectivity index (χ0n) is 8.89. The maximum absolute atomic E-state index is 10.5. The van der Waals surface area contributed by atoms with Crippen molar-refractivity contribution in [3.05, 3.63) is 34.4 Å². The van der Waals surface area contributed by atoms with E-state index in [9.17, 15) is 10.1 Å². The Kier molecular flexibility index (Phi) is 3.66. The second-order valence-corrected chi connectivity index (χ2v) is 5.01. The number of benzene rings is 1. The number of hydrogen-bond acceptors (Lipinski definition) is 4. The van der Waals surface area contributed by atoms with Gasteiger partial charge >= 0.3 is 0 Å². The molecule has 5 heteroatoms. The molecule has 86 valence electrons. The fraction of sp³-hybridized carbons (Fsp3) is 0.455. The lowest BCUT2D eigenvalue weighted by Gasteiger charge is -2.23. The lowest BCUT2D eigenvalue weighted by atomic mass is 10.1. The molecule has 1 aliphatic rings. The van der Waals surface area contributed by atoms with E-state index in [4.69, 9.17) is 0 Å². The highest BCUT2D eigenvalue weighted by Crippen LogP contribution is 2.22. The molecule has 0 aliphatic carbocycles. The Morgan fingerprint density at radius 3 is 2.69 bits per heavy atom. The third kappa shape index (κ3) is 2.88. The molecule has 0 amide bonds. The van der Waals surface area contributed by atoms with E-state index in [-0.39, 0.29) is 10.6 Å². The van der Waals surface area contributed by atoms with Gasteiger partial charge in [-0.1, -0.05) is 0 Å². The van der Waals surface area contributed by atoms with Crippen LogP contribution in [0.25, 0.3) is 0 Å². The van der Waals surface area contributed by atoms with Gasteiger partial charge in [0, 0.05) is 29.6 Å². The Labute approximate surface area is 98.6 Å². The molecule has 0 spiro atoms. The largest absolute Gasteiger partial charge is 0.381 e. The third-order valence-corrected chi connectivity index (χ3v) is 3.82. The Bertz CT molecular complexity index is 361. The van der Waals surface area contributed by atoms with Crippen molar-refractivity contribution in [3.8, 4) is 0 Å². The molecule has 1 fully saturated rings. The number of non-ortho nitro benzene ring substituents is 1. The number of hydrogen-bond donors (Lipinski definition) is 1. The summed E-state index contributed by atoms with van der Waals surface area (Å²) in [5.74, 6) is 2.37. The van der Waals surface area contributed by atoms with Crippen LogP contribution in [0.2, 0.25) is 0 Å². The van der Waals surface area contributed by atoms with E-state index in [1.54, 1.807) is 12.1 Å². The van der Waals surface area contributed by atoms with E-state index in [0.717, 1.165) is 11.4 Å². The van der Waals surface area contributed by atoms with Crippen LogP contribution in [0.1, 0.15) is 12.8 Å². The van der Waals surface area contributed by atoms with Crippen molar-refractivity contribution in [2.75, 3.05) is 16.8 Å². The summed E-state index contributed by atoms with van der Waals surface area (Å²) in [5.41, 5.74) is 1.11. The average Bonchev–Trinajstić information content (AvgIpc) is 2.31. The first kappa shape index (κ1) is 11.3. The topological polar surface area (TPSA) is 55.2 Å². The van der Waals surface area contributed by atoms with Crippen molar-refractivity contribution >= 4 is 23.1 Å². The SMILES string of the molecule is O=[N+]([O-])c1ccc(NC2CCCSC2)cc1. The molecular formula is C11H14N2O2S. The number of rotatable bonds is 3. The molecule has 0 bridgehead atoms. The summed E-state index contributed by atoms with van der Waals surface area (Å²) in [7, 11) is 0. The van der Waals surface area contributed by atoms with Crippen LogP contribution in [-0.2, 0) is 0 Å². The molecule has 4 nitrogen and oxygen atoms in total. The molecule has 1 unspecified atom stereocenters. The molecule has 0 aromatic heterocycles. The molecule has 1 aromatic rings. The lowest BCUT2D eigenvalue weighted by Crippen LogP contribution is -2.25. The summed E-state index contributed by atoms with van der Waals surface area (Å²) in [6, 6.07) is 7.13. The minimum absolute atomic E-state index is 0.142. The van der Waals surface area contributed by atoms with Crippen LogP contribution in [0.5, 0.6) is 0 Å². The summed E-state index contributed by atoms with van der Waals surface area (Å²) in [4.78, 5) is 10.1. The fourth-order valence-corrected chi connectivity index (χ4v) is 2.84. The van der Waals surface area contributed by atoms with Crippen molar-refractivity contribution in [1.29, 1.82) is 0 Å². The number of anilines is 1. The Hall–Kier alpha value is -1.23. The predicted molar refractivity (Wildman–Crippen MR) is 67.1 cm³/mol. The summed E-state index contributed by atoms with van der Waals surface area (Å²) >= 11 is 1.96. The number of thioether (sulfide) groups is 1. The van der Waals surface area contributed by atoms with Crippen LogP contribution in [-0.4, -0.2) is 22.5 Å². The molecule has 16 heavy (non-hydrogen) atoms. The molecule has 0 radical (unpaired) electrons. The molecule has 1 heterocycles. The second kappa shape index (κ2) is 5.21. The van der Waals surface area contributed by atoms with Crippen LogP contribution in [0.4, 0.5) is 11.4 Å². The van der Waals surface area contributed by atoms with E-state index in [0.29, 0.717) is 6.04 Å². The van der Waals surface area contributed by atoms with Gasteiger partial charge in [0.2, 0.25) is 0 Å². The van der Waals surface area contributed by atoms with Crippen LogP contribution in [0, 0.1) is 10.1 Å². The molecule has 1 N–H and O–H groups in total. The van der Waals surface area contributed by atoms with E-state index in [1.807, 2.05) is 11.8 Å². The van der Waals surface area contributed by atoms with Crippen molar-refractivity contribution in [2.45, 2.75) is 18.9 Å². The van der Waals surface area contributed by atoms with Gasteiger partial charge in [0.1, 0.15) is 0 Å². The second-order valence-electron chi connectivity index (χ2n) is 3.86. The number of nitro groups is 1. The van der Waals surface area contributed by atoms with Crippen molar-refractivity contribution in [1.82, 2.24) is 0 Å².